The maximum absolute atomic E-state index is 14.2. The zero-order valence-corrected chi connectivity index (χ0v) is 20.3. The molecule has 35 heavy (non-hydrogen) atoms. The summed E-state index contributed by atoms with van der Waals surface area (Å²) in [6.07, 6.45) is -1.46. The lowest BCUT2D eigenvalue weighted by Crippen LogP contribution is -2.48. The molecule has 0 fully saturated rings. The Morgan fingerprint density at radius 3 is 2.09 bits per heavy atom. The normalized spacial score (nSPS) is 23.0. The highest BCUT2D eigenvalue weighted by molar-refractivity contribution is 5.86. The molecule has 1 atom stereocenters. The van der Waals surface area contributed by atoms with E-state index in [0.29, 0.717) is 5.56 Å². The maximum Gasteiger partial charge on any atom is 0.417 e. The van der Waals surface area contributed by atoms with Gasteiger partial charge in [-0.05, 0) is 64.5 Å². The molecular formula is C26H29F3N4O2. The topological polar surface area (TPSA) is 86.1 Å². The Bertz CT molecular complexity index is 1230. The summed E-state index contributed by atoms with van der Waals surface area (Å²) in [4.78, 5) is 11.7. The molecule has 2 aromatic rings. The van der Waals surface area contributed by atoms with Crippen LogP contribution in [0, 0.1) is 6.92 Å². The molecule has 1 aliphatic carbocycles. The van der Waals surface area contributed by atoms with E-state index < -0.39 is 23.4 Å². The second kappa shape index (κ2) is 8.19. The van der Waals surface area contributed by atoms with Gasteiger partial charge in [-0.1, -0.05) is 69.3 Å². The lowest BCUT2D eigenvalue weighted by Gasteiger charge is -2.42. The van der Waals surface area contributed by atoms with Crippen LogP contribution in [0.5, 0.6) is 0 Å². The van der Waals surface area contributed by atoms with Crippen LogP contribution >= 0.6 is 0 Å². The summed E-state index contributed by atoms with van der Waals surface area (Å²) >= 11 is 0. The molecular weight excluding hydrogens is 457 g/mol. The van der Waals surface area contributed by atoms with Crippen molar-refractivity contribution >= 4 is 17.6 Å². The van der Waals surface area contributed by atoms with E-state index in [2.05, 4.69) is 49.0 Å². The number of halogens is 3. The van der Waals surface area contributed by atoms with Gasteiger partial charge in [0.25, 0.3) is 5.66 Å². The summed E-state index contributed by atoms with van der Waals surface area (Å²) in [5.41, 5.74) is 5.47. The van der Waals surface area contributed by atoms with Gasteiger partial charge in [-0.25, -0.2) is 10.3 Å². The molecule has 2 aliphatic rings. The number of benzene rings is 2. The van der Waals surface area contributed by atoms with Gasteiger partial charge in [-0.15, -0.1) is 5.11 Å². The molecule has 0 aromatic heterocycles. The molecule has 0 amide bonds. The summed E-state index contributed by atoms with van der Waals surface area (Å²) in [6.45, 7) is 10.5. The highest BCUT2D eigenvalue weighted by atomic mass is 19.4. The summed E-state index contributed by atoms with van der Waals surface area (Å²) in [5.74, 6) is -1.33. The number of carboxylic acid groups (broad SMARTS) is 1. The van der Waals surface area contributed by atoms with Crippen molar-refractivity contribution in [2.24, 2.45) is 10.3 Å². The Hall–Kier alpha value is -3.20. The molecule has 0 radical (unpaired) electrons. The van der Waals surface area contributed by atoms with Crippen LogP contribution in [0.3, 0.4) is 0 Å². The maximum atomic E-state index is 14.2. The van der Waals surface area contributed by atoms with Gasteiger partial charge in [0.15, 0.2) is 0 Å². The van der Waals surface area contributed by atoms with E-state index >= 15 is 0 Å². The van der Waals surface area contributed by atoms with Gasteiger partial charge in [0.2, 0.25) is 0 Å². The van der Waals surface area contributed by atoms with Crippen molar-refractivity contribution in [3.05, 3.63) is 69.8 Å². The Balaban J connectivity index is 1.81. The third kappa shape index (κ3) is 4.33. The first-order chi connectivity index (χ1) is 16.2. The fraction of sp³-hybridized carbons (Fsp3) is 0.423. The smallest absolute Gasteiger partial charge is 0.417 e. The molecule has 9 heteroatoms. The minimum atomic E-state index is -4.62. The number of carbonyl (C=O) groups is 1. The molecule has 0 saturated heterocycles. The van der Waals surface area contributed by atoms with Crippen molar-refractivity contribution in [2.75, 3.05) is 0 Å². The van der Waals surface area contributed by atoms with Crippen molar-refractivity contribution in [2.45, 2.75) is 70.1 Å². The minimum Gasteiger partial charge on any atom is -0.478 e. The summed E-state index contributed by atoms with van der Waals surface area (Å²) in [6, 6.07) is 9.07. The third-order valence-corrected chi connectivity index (χ3v) is 7.25. The number of hydrazine groups is 1. The second-order valence-corrected chi connectivity index (χ2v) is 10.6. The molecule has 2 aromatic carbocycles. The number of aliphatic carboxylic acids is 1. The van der Waals surface area contributed by atoms with Crippen molar-refractivity contribution in [1.29, 1.82) is 0 Å². The Labute approximate surface area is 202 Å². The number of nitrogens with zero attached hydrogens (tertiary/aromatic N) is 2. The first-order valence-corrected chi connectivity index (χ1v) is 11.4. The third-order valence-electron chi connectivity index (χ3n) is 7.25. The van der Waals surface area contributed by atoms with Crippen molar-refractivity contribution in [1.82, 2.24) is 11.0 Å². The standard InChI is InChI=1S/C26H29F3N4O2/c1-15-12-20-21(24(4,5)11-10-23(20,2)3)14-17(15)13-19(26(27,28)29)16-6-8-18(9-7-16)25(22(34)35)30-32-33-31-25/h6-9,12-14H,10-11H2,1-5H3,(H,30,33)(H,31,32)(H,34,35)/b19-13+. The molecule has 4 rings (SSSR count). The Morgan fingerprint density at radius 1 is 1.03 bits per heavy atom. The van der Waals surface area contributed by atoms with Crippen molar-refractivity contribution in [3.63, 3.8) is 0 Å². The lowest BCUT2D eigenvalue weighted by molar-refractivity contribution is -0.144. The molecule has 1 unspecified atom stereocenters. The van der Waals surface area contributed by atoms with Crippen molar-refractivity contribution in [3.8, 4) is 0 Å². The van der Waals surface area contributed by atoms with Crippen LogP contribution in [-0.2, 0) is 21.3 Å². The van der Waals surface area contributed by atoms with Gasteiger partial charge >= 0.3 is 12.1 Å². The van der Waals surface area contributed by atoms with E-state index in [-0.39, 0.29) is 22.0 Å². The molecule has 1 heterocycles. The first kappa shape index (κ1) is 24.9. The lowest BCUT2D eigenvalue weighted by atomic mass is 9.62. The monoisotopic (exact) mass is 486 g/mol. The van der Waals surface area contributed by atoms with Gasteiger partial charge in [0, 0.05) is 5.56 Å². The zero-order valence-electron chi connectivity index (χ0n) is 20.3. The SMILES string of the molecule is Cc1cc2c(cc1/C=C(\c1ccc(C3(C(=O)O)N=NNN3)cc1)C(F)(F)F)C(C)(C)CCC2(C)C. The highest BCUT2D eigenvalue weighted by Gasteiger charge is 2.44. The number of rotatable bonds is 4. The molecule has 0 spiro atoms. The van der Waals surface area contributed by atoms with Gasteiger partial charge in [0.05, 0.1) is 5.57 Å². The second-order valence-electron chi connectivity index (χ2n) is 10.6. The van der Waals surface area contributed by atoms with Crippen LogP contribution in [0.25, 0.3) is 11.6 Å². The molecule has 1 aliphatic heterocycles. The molecule has 3 N–H and O–H groups in total. The van der Waals surface area contributed by atoms with Gasteiger partial charge < -0.3 is 5.11 Å². The van der Waals surface area contributed by atoms with E-state index in [9.17, 15) is 23.1 Å². The number of alkyl halides is 3. The molecule has 0 saturated carbocycles. The van der Waals surface area contributed by atoms with Crippen LogP contribution in [0.1, 0.15) is 73.9 Å². The van der Waals surface area contributed by atoms with E-state index in [1.54, 1.807) is 0 Å². The number of fused-ring (bicyclic) bond motifs is 1. The quantitative estimate of drug-likeness (QED) is 0.452. The number of hydrogen-bond donors (Lipinski definition) is 3. The van der Waals surface area contributed by atoms with Crippen LogP contribution in [0.15, 0.2) is 46.7 Å². The van der Waals surface area contributed by atoms with Crippen LogP contribution in [0.4, 0.5) is 13.2 Å². The number of aryl methyl sites for hydroxylation is 1. The van der Waals surface area contributed by atoms with Crippen molar-refractivity contribution < 1.29 is 23.1 Å². The summed E-state index contributed by atoms with van der Waals surface area (Å²) in [5, 5.41) is 16.7. The average molecular weight is 487 g/mol. The Morgan fingerprint density at radius 2 is 1.60 bits per heavy atom. The summed E-state index contributed by atoms with van der Waals surface area (Å²) < 4.78 is 42.7. The van der Waals surface area contributed by atoms with Gasteiger partial charge in [-0.2, -0.15) is 18.6 Å². The zero-order chi connectivity index (χ0) is 25.8. The van der Waals surface area contributed by atoms with Crippen LogP contribution in [-0.4, -0.2) is 17.3 Å². The highest BCUT2D eigenvalue weighted by Crippen LogP contribution is 2.47. The fourth-order valence-electron chi connectivity index (χ4n) is 4.85. The Kier molecular flexibility index (Phi) is 5.83. The van der Waals surface area contributed by atoms with Gasteiger partial charge in [0.1, 0.15) is 0 Å². The van der Waals surface area contributed by atoms with E-state index in [1.165, 1.54) is 35.9 Å². The van der Waals surface area contributed by atoms with E-state index in [4.69, 9.17) is 0 Å². The first-order valence-electron chi connectivity index (χ1n) is 11.4. The predicted octanol–water partition coefficient (Wildman–Crippen LogP) is 6.16. The molecule has 0 bridgehead atoms. The van der Waals surface area contributed by atoms with E-state index in [1.807, 2.05) is 19.1 Å². The largest absolute Gasteiger partial charge is 0.478 e. The fourth-order valence-corrected chi connectivity index (χ4v) is 4.85. The number of carboxylic acids is 1. The minimum absolute atomic E-state index is 0.0406. The number of nitrogens with one attached hydrogen (secondary N) is 2. The van der Waals surface area contributed by atoms with Crippen LogP contribution in [0.2, 0.25) is 0 Å². The molecule has 6 nitrogen and oxygen atoms in total. The van der Waals surface area contributed by atoms with Crippen LogP contribution < -0.4 is 11.0 Å². The predicted molar refractivity (Wildman–Crippen MR) is 127 cm³/mol. The van der Waals surface area contributed by atoms with E-state index in [0.717, 1.165) is 24.0 Å². The number of hydrogen-bond acceptors (Lipinski definition) is 5. The summed E-state index contributed by atoms with van der Waals surface area (Å²) in [7, 11) is 0. The average Bonchev–Trinajstić information content (AvgIpc) is 3.27. The number of allylic oxidation sites excluding steroid dienone is 1. The van der Waals surface area contributed by atoms with Gasteiger partial charge in [-0.3, -0.25) is 0 Å². The molecule has 186 valence electrons.